The van der Waals surface area contributed by atoms with E-state index in [2.05, 4.69) is 18.3 Å². The van der Waals surface area contributed by atoms with Gasteiger partial charge in [0.05, 0.1) is 27.7 Å². The van der Waals surface area contributed by atoms with Gasteiger partial charge in [0.15, 0.2) is 5.82 Å². The summed E-state index contributed by atoms with van der Waals surface area (Å²) in [6.45, 7) is 2.83. The van der Waals surface area contributed by atoms with Gasteiger partial charge in [0.1, 0.15) is 16.9 Å². The van der Waals surface area contributed by atoms with Gasteiger partial charge in [-0.3, -0.25) is 10.1 Å². The lowest BCUT2D eigenvalue weighted by Gasteiger charge is -2.09. The van der Waals surface area contributed by atoms with Crippen molar-refractivity contribution < 1.29 is 9.34 Å². The summed E-state index contributed by atoms with van der Waals surface area (Å²) in [6.07, 6.45) is 5.08. The first-order chi connectivity index (χ1) is 16.6. The number of aromatic nitrogens is 2. The van der Waals surface area contributed by atoms with Gasteiger partial charge in [-0.1, -0.05) is 36.4 Å². The summed E-state index contributed by atoms with van der Waals surface area (Å²) in [4.78, 5) is 22.5. The summed E-state index contributed by atoms with van der Waals surface area (Å²) in [7, 11) is 0. The number of nitro benzene ring substituents is 1. The lowest BCUT2D eigenvalue weighted by molar-refractivity contribution is -0.384. The molecule has 0 radical (unpaired) electrons. The topological polar surface area (TPSA) is 94.1 Å². The molecule has 170 valence electrons. The fourth-order valence-corrected chi connectivity index (χ4v) is 4.80. The monoisotopic (exact) mass is 470 g/mol. The third-order valence-corrected chi connectivity index (χ3v) is 6.54. The Morgan fingerprint density at radius 2 is 1.88 bits per heavy atom. The predicted molar refractivity (Wildman–Crippen MR) is 135 cm³/mol. The first-order valence-electron chi connectivity index (χ1n) is 11.0. The number of nitro groups is 1. The number of anilines is 1. The van der Waals surface area contributed by atoms with E-state index >= 15 is 0 Å². The number of nitrogens with zero attached hydrogens (tertiary/aromatic N) is 3. The van der Waals surface area contributed by atoms with Crippen LogP contribution in [0.3, 0.4) is 0 Å². The van der Waals surface area contributed by atoms with E-state index in [0.29, 0.717) is 11.4 Å². The van der Waals surface area contributed by atoms with Gasteiger partial charge in [-0.2, -0.15) is 0 Å². The Hall–Kier alpha value is -4.04. The number of hydrogen-bond acceptors (Lipinski definition) is 7. The van der Waals surface area contributed by atoms with Gasteiger partial charge >= 0.3 is 0 Å². The standard InChI is InChI=1S/C26H22N4O3S/c1-17-15-22-25(28-24(29-26(22)34-17)20-12-14-33-16-20)27-13-4-5-18-8-10-19(11-9-18)21-6-2-3-7-23(21)30(31)32/h2-3,6-12,14-16H,4-5,13H2,1H3,(H,27,28,29). The summed E-state index contributed by atoms with van der Waals surface area (Å²) in [5.74, 6) is 1.48. The van der Waals surface area contributed by atoms with Gasteiger partial charge in [0.2, 0.25) is 0 Å². The van der Waals surface area contributed by atoms with Gasteiger partial charge < -0.3 is 9.73 Å². The quantitative estimate of drug-likeness (QED) is 0.151. The molecule has 0 spiro atoms. The normalized spacial score (nSPS) is 11.1. The molecule has 0 aliphatic carbocycles. The van der Waals surface area contributed by atoms with Crippen LogP contribution in [0, 0.1) is 17.0 Å². The first-order valence-corrected chi connectivity index (χ1v) is 11.8. The molecule has 5 rings (SSSR count). The van der Waals surface area contributed by atoms with Gasteiger partial charge in [0, 0.05) is 17.5 Å². The Morgan fingerprint density at radius 1 is 1.06 bits per heavy atom. The maximum absolute atomic E-state index is 11.3. The Morgan fingerprint density at radius 3 is 2.65 bits per heavy atom. The number of thiophene rings is 1. The highest BCUT2D eigenvalue weighted by molar-refractivity contribution is 7.18. The van der Waals surface area contributed by atoms with E-state index in [1.165, 1.54) is 16.5 Å². The zero-order valence-electron chi connectivity index (χ0n) is 18.5. The number of fused-ring (bicyclic) bond motifs is 1. The molecule has 0 amide bonds. The number of hydrogen-bond donors (Lipinski definition) is 1. The van der Waals surface area contributed by atoms with Crippen molar-refractivity contribution in [3.63, 3.8) is 0 Å². The number of furan rings is 1. The average molecular weight is 471 g/mol. The summed E-state index contributed by atoms with van der Waals surface area (Å²) in [5, 5.41) is 15.8. The highest BCUT2D eigenvalue weighted by atomic mass is 32.1. The van der Waals surface area contributed by atoms with Crippen molar-refractivity contribution in [2.45, 2.75) is 19.8 Å². The average Bonchev–Trinajstić information content (AvgIpc) is 3.51. The molecule has 34 heavy (non-hydrogen) atoms. The summed E-state index contributed by atoms with van der Waals surface area (Å²) < 4.78 is 5.20. The molecule has 0 bridgehead atoms. The lowest BCUT2D eigenvalue weighted by atomic mass is 10.0. The minimum Gasteiger partial charge on any atom is -0.472 e. The largest absolute Gasteiger partial charge is 0.472 e. The van der Waals surface area contributed by atoms with Gasteiger partial charge in [0.25, 0.3) is 5.69 Å². The zero-order chi connectivity index (χ0) is 23.5. The molecule has 2 aromatic carbocycles. The second-order valence-electron chi connectivity index (χ2n) is 7.99. The molecule has 0 fully saturated rings. The highest BCUT2D eigenvalue weighted by Gasteiger charge is 2.14. The molecule has 5 aromatic rings. The minimum atomic E-state index is -0.341. The molecule has 0 unspecified atom stereocenters. The van der Waals surface area contributed by atoms with Gasteiger partial charge in [-0.25, -0.2) is 9.97 Å². The molecule has 0 saturated heterocycles. The molecule has 7 nitrogen and oxygen atoms in total. The third-order valence-electron chi connectivity index (χ3n) is 5.60. The van der Waals surface area contributed by atoms with Crippen LogP contribution in [-0.4, -0.2) is 21.4 Å². The summed E-state index contributed by atoms with van der Waals surface area (Å²) in [6, 6.07) is 18.8. The van der Waals surface area contributed by atoms with E-state index in [0.717, 1.165) is 46.5 Å². The van der Waals surface area contributed by atoms with E-state index < -0.39 is 0 Å². The van der Waals surface area contributed by atoms with E-state index in [1.807, 2.05) is 36.4 Å². The molecule has 0 aliphatic rings. The number of benzene rings is 2. The van der Waals surface area contributed by atoms with Crippen LogP contribution in [0.4, 0.5) is 11.5 Å². The molecular formula is C26H22N4O3S. The van der Waals surface area contributed by atoms with Crippen molar-refractivity contribution in [3.8, 4) is 22.5 Å². The first kappa shape index (κ1) is 21.8. The smallest absolute Gasteiger partial charge is 0.277 e. The molecule has 1 N–H and O–H groups in total. The lowest BCUT2D eigenvalue weighted by Crippen LogP contribution is -2.06. The van der Waals surface area contributed by atoms with E-state index in [9.17, 15) is 10.1 Å². The van der Waals surface area contributed by atoms with Crippen molar-refractivity contribution >= 4 is 33.1 Å². The van der Waals surface area contributed by atoms with Crippen molar-refractivity contribution in [2.24, 2.45) is 0 Å². The number of aryl methyl sites for hydroxylation is 2. The fraction of sp³-hybridized carbons (Fsp3) is 0.154. The van der Waals surface area contributed by atoms with Crippen LogP contribution in [0.1, 0.15) is 16.9 Å². The van der Waals surface area contributed by atoms with Crippen LogP contribution in [0.25, 0.3) is 32.7 Å². The number of para-hydroxylation sites is 1. The molecular weight excluding hydrogens is 448 g/mol. The number of rotatable bonds is 8. The SMILES string of the molecule is Cc1cc2c(NCCCc3ccc(-c4ccccc4[N+](=O)[O-])cc3)nc(-c3ccoc3)nc2s1. The van der Waals surface area contributed by atoms with Crippen molar-refractivity contribution in [1.29, 1.82) is 0 Å². The Balaban J connectivity index is 1.25. The van der Waals surface area contributed by atoms with E-state index in [1.54, 1.807) is 36.0 Å². The number of nitrogens with one attached hydrogen (secondary N) is 1. The van der Waals surface area contributed by atoms with Crippen molar-refractivity contribution in [1.82, 2.24) is 9.97 Å². The molecule has 0 atom stereocenters. The van der Waals surface area contributed by atoms with Crippen molar-refractivity contribution in [2.75, 3.05) is 11.9 Å². The van der Waals surface area contributed by atoms with Crippen LogP contribution >= 0.6 is 11.3 Å². The van der Waals surface area contributed by atoms with Crippen molar-refractivity contribution in [3.05, 3.63) is 93.7 Å². The van der Waals surface area contributed by atoms with Crippen LogP contribution < -0.4 is 5.32 Å². The minimum absolute atomic E-state index is 0.120. The third kappa shape index (κ3) is 4.53. The van der Waals surface area contributed by atoms with Gasteiger partial charge in [-0.05, 0) is 49.1 Å². The second kappa shape index (κ2) is 9.44. The maximum atomic E-state index is 11.3. The Kier molecular flexibility index (Phi) is 6.05. The fourth-order valence-electron chi connectivity index (χ4n) is 3.92. The molecule has 3 heterocycles. The predicted octanol–water partition coefficient (Wildman–Crippen LogP) is 6.88. The molecule has 0 aliphatic heterocycles. The van der Waals surface area contributed by atoms with E-state index in [4.69, 9.17) is 14.4 Å². The zero-order valence-corrected chi connectivity index (χ0v) is 19.3. The second-order valence-corrected chi connectivity index (χ2v) is 9.22. The molecule has 0 saturated carbocycles. The van der Waals surface area contributed by atoms with Crippen LogP contribution in [0.2, 0.25) is 0 Å². The summed E-state index contributed by atoms with van der Waals surface area (Å²) in [5.41, 5.74) is 3.64. The summed E-state index contributed by atoms with van der Waals surface area (Å²) >= 11 is 1.65. The molecule has 3 aromatic heterocycles. The van der Waals surface area contributed by atoms with E-state index in [-0.39, 0.29) is 10.6 Å². The Labute approximate surface area is 200 Å². The molecule has 8 heteroatoms. The highest BCUT2D eigenvalue weighted by Crippen LogP contribution is 2.32. The van der Waals surface area contributed by atoms with Crippen LogP contribution in [-0.2, 0) is 6.42 Å². The van der Waals surface area contributed by atoms with Crippen LogP contribution in [0.15, 0.2) is 77.6 Å². The van der Waals surface area contributed by atoms with Gasteiger partial charge in [-0.15, -0.1) is 11.3 Å². The Bertz CT molecular complexity index is 1440. The van der Waals surface area contributed by atoms with Crippen LogP contribution in [0.5, 0.6) is 0 Å². The maximum Gasteiger partial charge on any atom is 0.277 e.